The van der Waals surface area contributed by atoms with Crippen molar-refractivity contribution in [2.45, 2.75) is 42.6 Å². The Labute approximate surface area is 250 Å². The summed E-state index contributed by atoms with van der Waals surface area (Å²) in [6.45, 7) is 6.54. The van der Waals surface area contributed by atoms with Crippen LogP contribution < -0.4 is 15.2 Å². The molecule has 0 radical (unpaired) electrons. The molecule has 0 fully saturated rings. The fraction of sp³-hybridized carbons (Fsp3) is 0.226. The van der Waals surface area contributed by atoms with Gasteiger partial charge in [0.15, 0.2) is 5.00 Å². The molecule has 8 heteroatoms. The maximum atomic E-state index is 13.1. The molecule has 0 aromatic heterocycles. The summed E-state index contributed by atoms with van der Waals surface area (Å²) in [6, 6.07) is 32.0. The van der Waals surface area contributed by atoms with Gasteiger partial charge in [-0.05, 0) is 53.8 Å². The minimum absolute atomic E-state index is 0. The van der Waals surface area contributed by atoms with Gasteiger partial charge in [0, 0.05) is 19.5 Å². The van der Waals surface area contributed by atoms with Crippen molar-refractivity contribution in [3.05, 3.63) is 131 Å². The Kier molecular flexibility index (Phi) is 12.3. The fourth-order valence-corrected chi connectivity index (χ4v) is 5.64. The number of sulfonamides is 1. The van der Waals surface area contributed by atoms with Gasteiger partial charge in [-0.3, -0.25) is 0 Å². The van der Waals surface area contributed by atoms with Gasteiger partial charge in [-0.2, -0.15) is 4.72 Å². The van der Waals surface area contributed by atoms with Crippen LogP contribution in [0, 0.1) is 6.92 Å². The molecule has 208 valence electrons. The summed E-state index contributed by atoms with van der Waals surface area (Å²) in [5.74, 6) is 1.21. The summed E-state index contributed by atoms with van der Waals surface area (Å²) in [6.07, 6.45) is 0. The van der Waals surface area contributed by atoms with E-state index in [-0.39, 0.29) is 24.4 Å². The Morgan fingerprint density at radius 2 is 1.31 bits per heavy atom. The summed E-state index contributed by atoms with van der Waals surface area (Å²) < 4.78 is 33.8. The SMILES string of the molecule is COc1ccc(S(=O)(=O)N[C@@](Cl)(c2ccccc2)[C@@H](N)c2ccccc2)cc1.Cc1ccc(C(C)C)cc1.[Ru]. The number of ether oxygens (including phenoxy) is 1. The van der Waals surface area contributed by atoms with Crippen LogP contribution in [0.5, 0.6) is 5.75 Å². The number of nitrogens with two attached hydrogens (primary N) is 1. The first-order chi connectivity index (χ1) is 18.1. The molecule has 0 aliphatic carbocycles. The number of methoxy groups -OCH3 is 1. The average Bonchev–Trinajstić information content (AvgIpc) is 2.94. The number of hydrogen-bond acceptors (Lipinski definition) is 4. The van der Waals surface area contributed by atoms with E-state index in [0.717, 1.165) is 0 Å². The Hall–Kier alpha value is -2.54. The van der Waals surface area contributed by atoms with E-state index in [2.05, 4.69) is 49.8 Å². The van der Waals surface area contributed by atoms with E-state index in [1.807, 2.05) is 36.4 Å². The third kappa shape index (κ3) is 8.73. The molecule has 0 heterocycles. The molecule has 0 saturated carbocycles. The van der Waals surface area contributed by atoms with E-state index in [9.17, 15) is 8.42 Å². The number of alkyl halides is 1. The molecule has 0 spiro atoms. The first-order valence-electron chi connectivity index (χ1n) is 12.4. The van der Waals surface area contributed by atoms with Gasteiger partial charge in [0.2, 0.25) is 10.0 Å². The van der Waals surface area contributed by atoms with Crippen molar-refractivity contribution in [2.24, 2.45) is 5.73 Å². The standard InChI is InChI=1S/C21H21ClN2O3S.C10H14.Ru/c1-27-18-12-14-19(15-13-18)28(25,26)24-21(22,17-10-6-3-7-11-17)20(23)16-8-4-2-5-9-16;1-8(2)10-6-4-9(3)5-7-10;/h2-15,20,24H,23H2,1H3;4-8H,1-3H3;/t20-,21-;;/m0../s1. The van der Waals surface area contributed by atoms with Crippen LogP contribution in [-0.4, -0.2) is 15.5 Å². The van der Waals surface area contributed by atoms with Crippen LogP contribution in [0.25, 0.3) is 0 Å². The van der Waals surface area contributed by atoms with Crippen molar-refractivity contribution in [1.82, 2.24) is 4.72 Å². The smallest absolute Gasteiger partial charge is 0.242 e. The Bertz CT molecular complexity index is 1390. The third-order valence-electron chi connectivity index (χ3n) is 6.18. The molecule has 0 unspecified atom stereocenters. The van der Waals surface area contributed by atoms with Crippen molar-refractivity contribution in [1.29, 1.82) is 0 Å². The van der Waals surface area contributed by atoms with Gasteiger partial charge in [-0.1, -0.05) is 116 Å². The van der Waals surface area contributed by atoms with Crippen LogP contribution in [0.4, 0.5) is 0 Å². The first-order valence-corrected chi connectivity index (χ1v) is 14.2. The fourth-order valence-electron chi connectivity index (χ4n) is 3.83. The van der Waals surface area contributed by atoms with Crippen LogP contribution in [0.2, 0.25) is 0 Å². The number of aryl methyl sites for hydroxylation is 1. The normalized spacial score (nSPS) is 13.3. The van der Waals surface area contributed by atoms with E-state index < -0.39 is 21.1 Å². The van der Waals surface area contributed by atoms with Crippen LogP contribution in [-0.2, 0) is 34.5 Å². The predicted octanol–water partition coefficient (Wildman–Crippen LogP) is 6.88. The molecule has 0 aliphatic heterocycles. The zero-order chi connectivity index (χ0) is 27.8. The van der Waals surface area contributed by atoms with E-state index in [1.165, 1.54) is 30.4 Å². The largest absolute Gasteiger partial charge is 0.497 e. The number of rotatable bonds is 8. The molecule has 0 bridgehead atoms. The van der Waals surface area contributed by atoms with Crippen molar-refractivity contribution in [3.8, 4) is 5.75 Å². The monoisotopic (exact) mass is 652 g/mol. The van der Waals surface area contributed by atoms with E-state index >= 15 is 0 Å². The molecule has 3 N–H and O–H groups in total. The molecule has 0 saturated heterocycles. The van der Waals surface area contributed by atoms with Gasteiger partial charge in [-0.15, -0.1) is 0 Å². The van der Waals surface area contributed by atoms with Gasteiger partial charge in [-0.25, -0.2) is 8.42 Å². The Morgan fingerprint density at radius 3 is 1.79 bits per heavy atom. The summed E-state index contributed by atoms with van der Waals surface area (Å²) >= 11 is 6.90. The Balaban J connectivity index is 0.000000410. The molecule has 5 nitrogen and oxygen atoms in total. The molecular formula is C31H35ClN2O3RuS. The number of benzene rings is 4. The number of halogens is 1. The van der Waals surface area contributed by atoms with Crippen molar-refractivity contribution in [2.75, 3.05) is 7.11 Å². The summed E-state index contributed by atoms with van der Waals surface area (Å²) in [7, 11) is -2.45. The second kappa shape index (κ2) is 14.7. The molecule has 4 aromatic rings. The number of nitrogens with one attached hydrogen (secondary N) is 1. The molecule has 4 rings (SSSR count). The van der Waals surface area contributed by atoms with Gasteiger partial charge in [0.05, 0.1) is 18.0 Å². The van der Waals surface area contributed by atoms with Crippen LogP contribution in [0.15, 0.2) is 114 Å². The van der Waals surface area contributed by atoms with Gasteiger partial charge in [0.1, 0.15) is 5.75 Å². The third-order valence-corrected chi connectivity index (χ3v) is 8.32. The average molecular weight is 652 g/mol. The molecular weight excluding hydrogens is 617 g/mol. The van der Waals surface area contributed by atoms with Crippen LogP contribution in [0.1, 0.15) is 48.1 Å². The summed E-state index contributed by atoms with van der Waals surface area (Å²) in [5, 5.41) is 0. The zero-order valence-electron chi connectivity index (χ0n) is 22.5. The summed E-state index contributed by atoms with van der Waals surface area (Å²) in [5.41, 5.74) is 10.5. The summed E-state index contributed by atoms with van der Waals surface area (Å²) in [4.78, 5) is -1.52. The molecule has 2 atom stereocenters. The van der Waals surface area contributed by atoms with Gasteiger partial charge in [0.25, 0.3) is 0 Å². The van der Waals surface area contributed by atoms with Crippen molar-refractivity contribution < 1.29 is 32.6 Å². The second-order valence-corrected chi connectivity index (χ2v) is 11.6. The van der Waals surface area contributed by atoms with Gasteiger partial charge < -0.3 is 10.5 Å². The molecule has 4 aromatic carbocycles. The second-order valence-electron chi connectivity index (χ2n) is 9.31. The topological polar surface area (TPSA) is 81.4 Å². The van der Waals surface area contributed by atoms with Crippen LogP contribution >= 0.6 is 11.6 Å². The maximum Gasteiger partial charge on any atom is 0.242 e. The van der Waals surface area contributed by atoms with E-state index in [0.29, 0.717) is 22.8 Å². The predicted molar refractivity (Wildman–Crippen MR) is 156 cm³/mol. The van der Waals surface area contributed by atoms with Gasteiger partial charge >= 0.3 is 0 Å². The van der Waals surface area contributed by atoms with E-state index in [4.69, 9.17) is 22.1 Å². The minimum atomic E-state index is -3.96. The molecule has 0 amide bonds. The Morgan fingerprint density at radius 1 is 0.795 bits per heavy atom. The minimum Gasteiger partial charge on any atom is -0.497 e. The zero-order valence-corrected chi connectivity index (χ0v) is 25.8. The number of hydrogen-bond donors (Lipinski definition) is 2. The van der Waals surface area contributed by atoms with Crippen molar-refractivity contribution in [3.63, 3.8) is 0 Å². The first kappa shape index (κ1) is 32.7. The molecule has 39 heavy (non-hydrogen) atoms. The quantitative estimate of drug-likeness (QED) is 0.124. The van der Waals surface area contributed by atoms with E-state index in [1.54, 1.807) is 36.4 Å². The maximum absolute atomic E-state index is 13.1. The van der Waals surface area contributed by atoms with Crippen LogP contribution in [0.3, 0.4) is 0 Å². The van der Waals surface area contributed by atoms with Crippen molar-refractivity contribution >= 4 is 21.6 Å². The molecule has 0 aliphatic rings.